The molecular formula is C13H19NO3. The van der Waals surface area contributed by atoms with Gasteiger partial charge in [0.05, 0.1) is 13.0 Å². The van der Waals surface area contributed by atoms with E-state index in [0.717, 1.165) is 12.0 Å². The van der Waals surface area contributed by atoms with Gasteiger partial charge in [0.1, 0.15) is 0 Å². The van der Waals surface area contributed by atoms with E-state index in [-0.39, 0.29) is 11.9 Å². The Morgan fingerprint density at radius 1 is 1.35 bits per heavy atom. The Labute approximate surface area is 102 Å². The maximum atomic E-state index is 11.5. The van der Waals surface area contributed by atoms with Crippen molar-refractivity contribution in [1.29, 1.82) is 0 Å². The number of esters is 1. The van der Waals surface area contributed by atoms with Gasteiger partial charge in [-0.05, 0) is 30.7 Å². The van der Waals surface area contributed by atoms with Crippen LogP contribution in [0, 0.1) is 5.92 Å². The third-order valence-electron chi connectivity index (χ3n) is 2.34. The smallest absolute Gasteiger partial charge is 0.313 e. The molecule has 0 aromatic heterocycles. The van der Waals surface area contributed by atoms with Crippen molar-refractivity contribution in [3.63, 3.8) is 0 Å². The van der Waals surface area contributed by atoms with Gasteiger partial charge in [-0.25, -0.2) is 0 Å². The summed E-state index contributed by atoms with van der Waals surface area (Å²) in [5, 5.41) is 0. The number of ether oxygens (including phenoxy) is 2. The highest BCUT2D eigenvalue weighted by atomic mass is 16.6. The van der Waals surface area contributed by atoms with E-state index < -0.39 is 0 Å². The topological polar surface area (TPSA) is 61.6 Å². The van der Waals surface area contributed by atoms with E-state index in [4.69, 9.17) is 15.2 Å². The van der Waals surface area contributed by atoms with E-state index in [0.29, 0.717) is 18.0 Å². The van der Waals surface area contributed by atoms with Crippen molar-refractivity contribution in [2.24, 2.45) is 11.7 Å². The summed E-state index contributed by atoms with van der Waals surface area (Å²) in [6, 6.07) is 5.47. The number of carbonyl (C=O) groups is 1. The fourth-order valence-electron chi connectivity index (χ4n) is 1.34. The molecule has 0 spiro atoms. The average Bonchev–Trinajstić information content (AvgIpc) is 2.31. The molecule has 0 saturated heterocycles. The molecule has 0 radical (unpaired) electrons. The predicted octanol–water partition coefficient (Wildman–Crippen LogP) is 1.76. The van der Waals surface area contributed by atoms with E-state index in [2.05, 4.69) is 0 Å². The summed E-state index contributed by atoms with van der Waals surface area (Å²) < 4.78 is 10.4. The second kappa shape index (κ2) is 6.25. The Morgan fingerprint density at radius 3 is 2.59 bits per heavy atom. The molecule has 0 aliphatic rings. The zero-order chi connectivity index (χ0) is 12.8. The van der Waals surface area contributed by atoms with E-state index in [1.54, 1.807) is 27.0 Å². The van der Waals surface area contributed by atoms with Gasteiger partial charge < -0.3 is 15.2 Å². The maximum Gasteiger partial charge on any atom is 0.313 e. The third kappa shape index (κ3) is 3.75. The van der Waals surface area contributed by atoms with Crippen LogP contribution in [0.4, 0.5) is 0 Å². The molecule has 0 bridgehead atoms. The minimum atomic E-state index is -0.269. The standard InChI is InChI=1S/C13H19NO3/c1-9(2)13(15)17-11-5-4-10(6-7-14)8-12(11)16-3/h4-5,8-9H,6-7,14H2,1-3H3. The number of hydrogen-bond donors (Lipinski definition) is 1. The average molecular weight is 237 g/mol. The van der Waals surface area contributed by atoms with Crippen LogP contribution in [-0.2, 0) is 11.2 Å². The summed E-state index contributed by atoms with van der Waals surface area (Å²) in [6.45, 7) is 4.16. The molecule has 0 atom stereocenters. The quantitative estimate of drug-likeness (QED) is 0.626. The Balaban J connectivity index is 2.88. The van der Waals surface area contributed by atoms with Gasteiger partial charge in [-0.2, -0.15) is 0 Å². The second-order valence-corrected chi connectivity index (χ2v) is 4.10. The molecule has 0 unspecified atom stereocenters. The van der Waals surface area contributed by atoms with Gasteiger partial charge in [-0.1, -0.05) is 19.9 Å². The molecular weight excluding hydrogens is 218 g/mol. The molecule has 94 valence electrons. The molecule has 0 aliphatic carbocycles. The van der Waals surface area contributed by atoms with Crippen molar-refractivity contribution in [2.45, 2.75) is 20.3 Å². The van der Waals surface area contributed by atoms with Crippen LogP contribution in [-0.4, -0.2) is 19.6 Å². The Hall–Kier alpha value is -1.55. The van der Waals surface area contributed by atoms with Gasteiger partial charge in [0.2, 0.25) is 0 Å². The molecule has 0 heterocycles. The lowest BCUT2D eigenvalue weighted by Gasteiger charge is -2.11. The van der Waals surface area contributed by atoms with Gasteiger partial charge >= 0.3 is 5.97 Å². The summed E-state index contributed by atoms with van der Waals surface area (Å²) in [4.78, 5) is 11.5. The van der Waals surface area contributed by atoms with Crippen LogP contribution in [0.25, 0.3) is 0 Å². The van der Waals surface area contributed by atoms with Crippen LogP contribution < -0.4 is 15.2 Å². The largest absolute Gasteiger partial charge is 0.493 e. The number of methoxy groups -OCH3 is 1. The van der Waals surface area contributed by atoms with E-state index in [1.807, 2.05) is 12.1 Å². The molecule has 0 aliphatic heterocycles. The molecule has 1 aromatic rings. The van der Waals surface area contributed by atoms with Gasteiger partial charge in [0.25, 0.3) is 0 Å². The molecule has 4 nitrogen and oxygen atoms in total. The summed E-state index contributed by atoms with van der Waals surface area (Å²) in [6.07, 6.45) is 0.773. The minimum absolute atomic E-state index is 0.163. The Morgan fingerprint density at radius 2 is 2.06 bits per heavy atom. The van der Waals surface area contributed by atoms with Gasteiger partial charge in [0.15, 0.2) is 11.5 Å². The molecule has 1 rings (SSSR count). The van der Waals surface area contributed by atoms with Crippen molar-refractivity contribution >= 4 is 5.97 Å². The van der Waals surface area contributed by atoms with Crippen molar-refractivity contribution in [2.75, 3.05) is 13.7 Å². The second-order valence-electron chi connectivity index (χ2n) is 4.10. The first-order valence-corrected chi connectivity index (χ1v) is 5.67. The predicted molar refractivity (Wildman–Crippen MR) is 66.2 cm³/mol. The monoisotopic (exact) mass is 237 g/mol. The zero-order valence-corrected chi connectivity index (χ0v) is 10.5. The molecule has 0 fully saturated rings. The van der Waals surface area contributed by atoms with Crippen LogP contribution in [0.3, 0.4) is 0 Å². The highest BCUT2D eigenvalue weighted by Crippen LogP contribution is 2.28. The number of carbonyl (C=O) groups excluding carboxylic acids is 1. The van der Waals surface area contributed by atoms with E-state index >= 15 is 0 Å². The summed E-state index contributed by atoms with van der Waals surface area (Å²) in [5.41, 5.74) is 6.55. The molecule has 1 aromatic carbocycles. The number of hydrogen-bond acceptors (Lipinski definition) is 4. The van der Waals surface area contributed by atoms with Crippen molar-refractivity contribution in [3.05, 3.63) is 23.8 Å². The molecule has 17 heavy (non-hydrogen) atoms. The van der Waals surface area contributed by atoms with Crippen LogP contribution in [0.15, 0.2) is 18.2 Å². The van der Waals surface area contributed by atoms with Gasteiger partial charge in [0, 0.05) is 0 Å². The maximum absolute atomic E-state index is 11.5. The van der Waals surface area contributed by atoms with Gasteiger partial charge in [-0.3, -0.25) is 4.79 Å². The minimum Gasteiger partial charge on any atom is -0.493 e. The van der Waals surface area contributed by atoms with Gasteiger partial charge in [-0.15, -0.1) is 0 Å². The first kappa shape index (κ1) is 13.5. The Kier molecular flexibility index (Phi) is 4.97. The zero-order valence-electron chi connectivity index (χ0n) is 10.5. The van der Waals surface area contributed by atoms with E-state index in [1.165, 1.54) is 0 Å². The van der Waals surface area contributed by atoms with Crippen molar-refractivity contribution < 1.29 is 14.3 Å². The molecule has 0 saturated carbocycles. The van der Waals surface area contributed by atoms with Crippen LogP contribution in [0.2, 0.25) is 0 Å². The number of nitrogens with two attached hydrogens (primary N) is 1. The fraction of sp³-hybridized carbons (Fsp3) is 0.462. The lowest BCUT2D eigenvalue weighted by Crippen LogP contribution is -2.15. The SMILES string of the molecule is COc1cc(CCN)ccc1OC(=O)C(C)C. The summed E-state index contributed by atoms with van der Waals surface area (Å²) in [5.74, 6) is 0.579. The van der Waals surface area contributed by atoms with Crippen LogP contribution >= 0.6 is 0 Å². The number of rotatable bonds is 5. The molecule has 0 amide bonds. The Bertz CT molecular complexity index is 388. The van der Waals surface area contributed by atoms with Crippen molar-refractivity contribution in [1.82, 2.24) is 0 Å². The normalized spacial score (nSPS) is 10.4. The first-order chi connectivity index (χ1) is 8.08. The lowest BCUT2D eigenvalue weighted by atomic mass is 10.1. The first-order valence-electron chi connectivity index (χ1n) is 5.67. The van der Waals surface area contributed by atoms with Crippen LogP contribution in [0.5, 0.6) is 11.5 Å². The molecule has 2 N–H and O–H groups in total. The fourth-order valence-corrected chi connectivity index (χ4v) is 1.34. The summed E-state index contributed by atoms with van der Waals surface area (Å²) in [7, 11) is 1.55. The third-order valence-corrected chi connectivity index (χ3v) is 2.34. The molecule has 4 heteroatoms. The highest BCUT2D eigenvalue weighted by Gasteiger charge is 2.13. The van der Waals surface area contributed by atoms with E-state index in [9.17, 15) is 4.79 Å². The summed E-state index contributed by atoms with van der Waals surface area (Å²) >= 11 is 0. The van der Waals surface area contributed by atoms with Crippen LogP contribution in [0.1, 0.15) is 19.4 Å². The van der Waals surface area contributed by atoms with Crippen molar-refractivity contribution in [3.8, 4) is 11.5 Å². The highest BCUT2D eigenvalue weighted by molar-refractivity contribution is 5.75. The lowest BCUT2D eigenvalue weighted by molar-refractivity contribution is -0.137. The number of benzene rings is 1.